The number of likely N-dealkylation sites (N-methyl/N-ethyl adjacent to an activating group) is 1. The molecular weight excluding hydrogens is 508 g/mol. The summed E-state index contributed by atoms with van der Waals surface area (Å²) in [6, 6.07) is 9.47. The second kappa shape index (κ2) is 11.2. The highest BCUT2D eigenvalue weighted by atomic mass is 35.5. The quantitative estimate of drug-likeness (QED) is 0.330. The first-order valence-corrected chi connectivity index (χ1v) is 12.7. The number of nitrogens with two attached hydrogens (primary N) is 1. The van der Waals surface area contributed by atoms with Crippen LogP contribution in [0.25, 0.3) is 0 Å². The summed E-state index contributed by atoms with van der Waals surface area (Å²) in [4.78, 5) is 8.83. The van der Waals surface area contributed by atoms with E-state index < -0.39 is 0 Å². The van der Waals surface area contributed by atoms with Gasteiger partial charge in [-0.1, -0.05) is 23.2 Å². The molecule has 0 saturated carbocycles. The summed E-state index contributed by atoms with van der Waals surface area (Å²) in [5.41, 5.74) is 11.2. The van der Waals surface area contributed by atoms with E-state index in [0.29, 0.717) is 40.4 Å². The van der Waals surface area contributed by atoms with Gasteiger partial charge < -0.3 is 25.3 Å². The molecule has 2 saturated heterocycles. The lowest BCUT2D eigenvalue weighted by molar-refractivity contribution is 0.315. The first-order chi connectivity index (χ1) is 16.7. The smallest absolute Gasteiger partial charge is 0.184 e. The third-order valence-electron chi connectivity index (χ3n) is 6.54. The Balaban J connectivity index is 1.57. The van der Waals surface area contributed by atoms with Crippen LogP contribution < -0.4 is 25.9 Å². The van der Waals surface area contributed by atoms with Gasteiger partial charge in [-0.3, -0.25) is 5.43 Å². The molecule has 2 fully saturated rings. The minimum Gasteiger partial charge on any atom is -0.375 e. The van der Waals surface area contributed by atoms with Gasteiger partial charge in [0.2, 0.25) is 0 Å². The Morgan fingerprint density at radius 3 is 2.29 bits per heavy atom. The number of hydrogen-bond donors (Lipinski definition) is 2. The lowest BCUT2D eigenvalue weighted by atomic mass is 10.1. The third-order valence-corrected chi connectivity index (χ3v) is 7.07. The van der Waals surface area contributed by atoms with Crippen LogP contribution in [-0.2, 0) is 0 Å². The van der Waals surface area contributed by atoms with Crippen molar-refractivity contribution in [2.45, 2.75) is 12.5 Å². The Labute approximate surface area is 221 Å². The van der Waals surface area contributed by atoms with Crippen molar-refractivity contribution in [2.24, 2.45) is 10.8 Å². The molecule has 1 atom stereocenters. The van der Waals surface area contributed by atoms with Crippen LogP contribution in [0.2, 0.25) is 10.0 Å². The number of anilines is 3. The number of piperazine rings is 1. The molecule has 2 aliphatic rings. The van der Waals surface area contributed by atoms with Crippen LogP contribution in [0.5, 0.6) is 0 Å². The number of rotatable bonds is 6. The van der Waals surface area contributed by atoms with Crippen LogP contribution in [0, 0.1) is 5.82 Å². The summed E-state index contributed by atoms with van der Waals surface area (Å²) in [6.45, 7) is 4.58. The van der Waals surface area contributed by atoms with Gasteiger partial charge in [0, 0.05) is 72.3 Å². The second-order valence-corrected chi connectivity index (χ2v) is 10.4. The fraction of sp³-hybridized carbons (Fsp3) is 0.417. The maximum atomic E-state index is 15.4. The number of thiocarbonyl (C=S) groups is 1. The Morgan fingerprint density at radius 1 is 1.03 bits per heavy atom. The zero-order chi connectivity index (χ0) is 25.1. The molecule has 3 N–H and O–H groups in total. The molecule has 2 aliphatic heterocycles. The summed E-state index contributed by atoms with van der Waals surface area (Å²) in [5, 5.41) is 5.36. The molecule has 2 aromatic rings. The van der Waals surface area contributed by atoms with Gasteiger partial charge in [0.1, 0.15) is 5.82 Å². The summed E-state index contributed by atoms with van der Waals surface area (Å²) >= 11 is 17.2. The van der Waals surface area contributed by atoms with Gasteiger partial charge in [-0.05, 0) is 63.1 Å². The monoisotopic (exact) mass is 537 g/mol. The zero-order valence-electron chi connectivity index (χ0n) is 19.8. The molecule has 35 heavy (non-hydrogen) atoms. The van der Waals surface area contributed by atoms with Gasteiger partial charge in [-0.2, -0.15) is 5.10 Å². The molecule has 0 aromatic heterocycles. The third kappa shape index (κ3) is 6.27. The lowest BCUT2D eigenvalue weighted by Gasteiger charge is -2.38. The highest BCUT2D eigenvalue weighted by molar-refractivity contribution is 7.80. The predicted octanol–water partition coefficient (Wildman–Crippen LogP) is 3.77. The number of nitrogens with zero attached hydrogens (tertiary/aromatic N) is 5. The summed E-state index contributed by atoms with van der Waals surface area (Å²) in [5.74, 6) is -0.284. The molecule has 7 nitrogen and oxygen atoms in total. The molecule has 0 bridgehead atoms. The van der Waals surface area contributed by atoms with Crippen LogP contribution in [-0.4, -0.2) is 75.6 Å². The van der Waals surface area contributed by atoms with Crippen molar-refractivity contribution in [1.82, 2.24) is 10.3 Å². The van der Waals surface area contributed by atoms with Crippen LogP contribution >= 0.6 is 35.4 Å². The van der Waals surface area contributed by atoms with Crippen molar-refractivity contribution in [3.8, 4) is 0 Å². The molecule has 188 valence electrons. The molecule has 2 aromatic carbocycles. The van der Waals surface area contributed by atoms with E-state index in [1.807, 2.05) is 18.2 Å². The molecular formula is C24H30Cl2FN7S. The summed E-state index contributed by atoms with van der Waals surface area (Å²) in [6.07, 6.45) is 2.62. The van der Waals surface area contributed by atoms with Crippen molar-refractivity contribution < 1.29 is 4.39 Å². The first-order valence-electron chi connectivity index (χ1n) is 11.5. The number of hydrazone groups is 1. The van der Waals surface area contributed by atoms with E-state index in [2.05, 4.69) is 44.2 Å². The Kier molecular flexibility index (Phi) is 8.21. The fourth-order valence-electron chi connectivity index (χ4n) is 4.66. The molecule has 0 radical (unpaired) electrons. The van der Waals surface area contributed by atoms with Crippen LogP contribution in [0.3, 0.4) is 0 Å². The molecule has 4 rings (SSSR count). The number of halogens is 3. The number of nitrogens with one attached hydrogen (secondary N) is 1. The van der Waals surface area contributed by atoms with Crippen molar-refractivity contribution in [1.29, 1.82) is 0 Å². The average molecular weight is 539 g/mol. The van der Waals surface area contributed by atoms with E-state index in [0.717, 1.165) is 44.0 Å². The van der Waals surface area contributed by atoms with Gasteiger partial charge >= 0.3 is 0 Å². The summed E-state index contributed by atoms with van der Waals surface area (Å²) in [7, 11) is 4.18. The van der Waals surface area contributed by atoms with Gasteiger partial charge in [0.05, 0.1) is 11.9 Å². The van der Waals surface area contributed by atoms with E-state index in [1.165, 1.54) is 0 Å². The zero-order valence-corrected chi connectivity index (χ0v) is 22.2. The standard InChI is InChI=1S/C24H30Cl2FN7S/c1-31(2)19-3-4-34(15-19)22-13-23(21(27)9-16(22)14-29-30-24(28)35)33-7-5-32(6-8-33)20-11-17(25)10-18(26)12-20/h9-14,19H,3-8,15H2,1-2H3,(H3,28,30,35)/t19-/m1/s1. The van der Waals surface area contributed by atoms with E-state index in [9.17, 15) is 0 Å². The highest BCUT2D eigenvalue weighted by Crippen LogP contribution is 2.33. The van der Waals surface area contributed by atoms with Gasteiger partial charge in [0.25, 0.3) is 0 Å². The van der Waals surface area contributed by atoms with E-state index in [4.69, 9.17) is 41.2 Å². The highest BCUT2D eigenvalue weighted by Gasteiger charge is 2.28. The van der Waals surface area contributed by atoms with Gasteiger partial charge in [0.15, 0.2) is 5.11 Å². The fourth-order valence-corrected chi connectivity index (χ4v) is 5.23. The van der Waals surface area contributed by atoms with Crippen molar-refractivity contribution >= 4 is 63.8 Å². The summed E-state index contributed by atoms with van der Waals surface area (Å²) < 4.78 is 15.4. The molecule has 2 heterocycles. The average Bonchev–Trinajstić information content (AvgIpc) is 3.29. The molecule has 0 amide bonds. The number of hydrogen-bond acceptors (Lipinski definition) is 6. The largest absolute Gasteiger partial charge is 0.375 e. The van der Waals surface area contributed by atoms with Crippen LogP contribution in [0.1, 0.15) is 12.0 Å². The molecule has 0 aliphatic carbocycles. The SMILES string of the molecule is CN(C)[C@@H]1CCN(c2cc(N3CCN(c4cc(Cl)cc(Cl)c4)CC3)c(F)cc2C=NNC(N)=S)C1. The number of benzene rings is 2. The van der Waals surface area contributed by atoms with Crippen LogP contribution in [0.15, 0.2) is 35.4 Å². The van der Waals surface area contributed by atoms with E-state index in [1.54, 1.807) is 18.3 Å². The Hall–Kier alpha value is -2.33. The van der Waals surface area contributed by atoms with E-state index >= 15 is 4.39 Å². The minimum absolute atomic E-state index is 0.0626. The second-order valence-electron chi connectivity index (χ2n) is 9.05. The molecule has 11 heteroatoms. The molecule has 0 unspecified atom stereocenters. The minimum atomic E-state index is -0.284. The maximum Gasteiger partial charge on any atom is 0.184 e. The normalized spacial score (nSPS) is 18.7. The molecule has 0 spiro atoms. The van der Waals surface area contributed by atoms with Crippen molar-refractivity contribution in [3.05, 3.63) is 51.8 Å². The van der Waals surface area contributed by atoms with Gasteiger partial charge in [-0.15, -0.1) is 0 Å². The Morgan fingerprint density at radius 2 is 1.69 bits per heavy atom. The van der Waals surface area contributed by atoms with Crippen molar-refractivity contribution in [2.75, 3.05) is 68.1 Å². The van der Waals surface area contributed by atoms with Crippen molar-refractivity contribution in [3.63, 3.8) is 0 Å². The van der Waals surface area contributed by atoms with E-state index in [-0.39, 0.29) is 10.9 Å². The lowest BCUT2D eigenvalue weighted by Crippen LogP contribution is -2.47. The predicted molar refractivity (Wildman–Crippen MR) is 149 cm³/mol. The Bertz CT molecular complexity index is 1090. The maximum absolute atomic E-state index is 15.4. The van der Waals surface area contributed by atoms with Crippen LogP contribution in [0.4, 0.5) is 21.5 Å². The van der Waals surface area contributed by atoms with Gasteiger partial charge in [-0.25, -0.2) is 4.39 Å². The first kappa shape index (κ1) is 25.8. The topological polar surface area (TPSA) is 63.4 Å².